The monoisotopic (exact) mass is 385 g/mol. The minimum absolute atomic E-state index is 0.0680. The van der Waals surface area contributed by atoms with Gasteiger partial charge in [0.2, 0.25) is 5.91 Å². The van der Waals surface area contributed by atoms with Gasteiger partial charge in [-0.25, -0.2) is 4.39 Å². The summed E-state index contributed by atoms with van der Waals surface area (Å²) < 4.78 is 13.4. The first kappa shape index (κ1) is 18.1. The molecule has 0 radical (unpaired) electrons. The quantitative estimate of drug-likeness (QED) is 0.822. The zero-order chi connectivity index (χ0) is 19.5. The Balaban J connectivity index is 1.39. The van der Waals surface area contributed by atoms with Crippen molar-refractivity contribution >= 4 is 11.9 Å². The van der Waals surface area contributed by atoms with Gasteiger partial charge >= 0.3 is 5.97 Å². The molecule has 0 aromatic heterocycles. The third kappa shape index (κ3) is 2.61. The molecule has 5 heteroatoms. The van der Waals surface area contributed by atoms with Crippen molar-refractivity contribution in [2.45, 2.75) is 69.2 Å². The smallest absolute Gasteiger partial charge is 0.309 e. The van der Waals surface area contributed by atoms with Crippen LogP contribution in [0.4, 0.5) is 4.39 Å². The third-order valence-electron chi connectivity index (χ3n) is 8.31. The fourth-order valence-corrected chi connectivity index (χ4v) is 7.21. The SMILES string of the molecule is O=C(O)C12CC3CC(C1)C(NC(=O)C1(c4ccc(F)cc4)CCCC1)C(C3)C2. The molecule has 150 valence electrons. The average molecular weight is 385 g/mol. The third-order valence-corrected chi connectivity index (χ3v) is 8.31. The zero-order valence-electron chi connectivity index (χ0n) is 16.1. The number of halogens is 1. The number of aliphatic carboxylic acids is 1. The summed E-state index contributed by atoms with van der Waals surface area (Å²) in [5.41, 5.74) is -0.207. The molecule has 4 nitrogen and oxygen atoms in total. The van der Waals surface area contributed by atoms with E-state index in [1.54, 1.807) is 12.1 Å². The molecule has 5 saturated carbocycles. The van der Waals surface area contributed by atoms with Crippen molar-refractivity contribution in [2.75, 3.05) is 0 Å². The number of rotatable bonds is 4. The summed E-state index contributed by atoms with van der Waals surface area (Å²) >= 11 is 0. The molecule has 1 amide bonds. The van der Waals surface area contributed by atoms with Gasteiger partial charge in [0.1, 0.15) is 5.82 Å². The summed E-state index contributed by atoms with van der Waals surface area (Å²) in [6, 6.07) is 6.51. The lowest BCUT2D eigenvalue weighted by Gasteiger charge is -2.58. The first-order valence-electron chi connectivity index (χ1n) is 10.7. The van der Waals surface area contributed by atoms with E-state index in [9.17, 15) is 19.1 Å². The van der Waals surface area contributed by atoms with Gasteiger partial charge in [0.15, 0.2) is 0 Å². The van der Waals surface area contributed by atoms with Crippen LogP contribution in [0.3, 0.4) is 0 Å². The molecule has 1 aromatic rings. The van der Waals surface area contributed by atoms with Gasteiger partial charge in [-0.05, 0) is 80.4 Å². The van der Waals surface area contributed by atoms with Crippen molar-refractivity contribution in [3.05, 3.63) is 35.6 Å². The highest BCUT2D eigenvalue weighted by atomic mass is 19.1. The second kappa shape index (κ2) is 6.30. The number of nitrogens with one attached hydrogen (secondary N) is 1. The second-order valence-corrected chi connectivity index (χ2v) is 9.85. The van der Waals surface area contributed by atoms with E-state index in [-0.39, 0.29) is 29.6 Å². The first-order chi connectivity index (χ1) is 13.4. The number of carbonyl (C=O) groups is 2. The Hall–Kier alpha value is -1.91. The van der Waals surface area contributed by atoms with Crippen LogP contribution in [0, 0.1) is 29.0 Å². The lowest BCUT2D eigenvalue weighted by molar-refractivity contribution is -0.168. The number of benzene rings is 1. The fraction of sp³-hybridized carbons (Fsp3) is 0.652. The molecule has 4 bridgehead atoms. The van der Waals surface area contributed by atoms with Crippen LogP contribution in [-0.2, 0) is 15.0 Å². The lowest BCUT2D eigenvalue weighted by Crippen LogP contribution is -2.62. The summed E-state index contributed by atoms with van der Waals surface area (Å²) in [5, 5.41) is 13.2. The zero-order valence-corrected chi connectivity index (χ0v) is 16.1. The highest BCUT2D eigenvalue weighted by molar-refractivity contribution is 5.89. The maximum absolute atomic E-state index is 13.5. The van der Waals surface area contributed by atoms with Gasteiger partial charge in [-0.1, -0.05) is 25.0 Å². The summed E-state index contributed by atoms with van der Waals surface area (Å²) in [5.74, 6) is 0.196. The van der Waals surface area contributed by atoms with E-state index in [0.29, 0.717) is 18.8 Å². The van der Waals surface area contributed by atoms with Crippen LogP contribution in [0.15, 0.2) is 24.3 Å². The predicted molar refractivity (Wildman–Crippen MR) is 102 cm³/mol. The molecule has 0 aliphatic heterocycles. The number of carboxylic acid groups (broad SMARTS) is 1. The van der Waals surface area contributed by atoms with Crippen molar-refractivity contribution in [3.63, 3.8) is 0 Å². The lowest BCUT2D eigenvalue weighted by atomic mass is 9.48. The van der Waals surface area contributed by atoms with Gasteiger partial charge in [0.05, 0.1) is 10.8 Å². The van der Waals surface area contributed by atoms with E-state index < -0.39 is 16.8 Å². The molecule has 0 spiro atoms. The van der Waals surface area contributed by atoms with Crippen molar-refractivity contribution in [1.82, 2.24) is 5.32 Å². The second-order valence-electron chi connectivity index (χ2n) is 9.85. The van der Waals surface area contributed by atoms with Crippen LogP contribution in [0.5, 0.6) is 0 Å². The van der Waals surface area contributed by atoms with E-state index in [1.165, 1.54) is 12.1 Å². The topological polar surface area (TPSA) is 66.4 Å². The Morgan fingerprint density at radius 1 is 1.00 bits per heavy atom. The number of carbonyl (C=O) groups excluding carboxylic acids is 1. The fourth-order valence-electron chi connectivity index (χ4n) is 7.21. The van der Waals surface area contributed by atoms with Gasteiger partial charge in [0, 0.05) is 6.04 Å². The molecule has 5 aliphatic carbocycles. The van der Waals surface area contributed by atoms with E-state index in [2.05, 4.69) is 5.32 Å². The molecule has 2 atom stereocenters. The standard InChI is InChI=1S/C23H28FNO3/c24-18-5-3-17(4-6-18)23(7-1-2-8-23)20(26)25-19-15-9-14-10-16(19)13-22(11-14,12-15)21(27)28/h3-6,14-16,19H,1-2,7-13H2,(H,25,26)(H,27,28). The van der Waals surface area contributed by atoms with Gasteiger partial charge < -0.3 is 10.4 Å². The summed E-state index contributed by atoms with van der Waals surface area (Å²) in [6.45, 7) is 0. The molecule has 2 unspecified atom stereocenters. The van der Waals surface area contributed by atoms with Gasteiger partial charge in [-0.15, -0.1) is 0 Å². The van der Waals surface area contributed by atoms with Crippen molar-refractivity contribution in [1.29, 1.82) is 0 Å². The normalized spacial score (nSPS) is 37.8. The number of hydrogen-bond acceptors (Lipinski definition) is 2. The maximum atomic E-state index is 13.5. The molecule has 5 fully saturated rings. The predicted octanol–water partition coefficient (Wildman–Crippen LogP) is 4.03. The minimum atomic E-state index is -0.643. The Bertz CT molecular complexity index is 783. The van der Waals surface area contributed by atoms with E-state index in [1.807, 2.05) is 0 Å². The Labute approximate surface area is 164 Å². The number of amides is 1. The average Bonchev–Trinajstić information content (AvgIpc) is 3.15. The highest BCUT2D eigenvalue weighted by Gasteiger charge is 2.59. The molecule has 0 heterocycles. The Kier molecular flexibility index (Phi) is 4.08. The van der Waals surface area contributed by atoms with Crippen LogP contribution in [-0.4, -0.2) is 23.0 Å². The first-order valence-corrected chi connectivity index (χ1v) is 10.7. The van der Waals surface area contributed by atoms with Crippen molar-refractivity contribution in [3.8, 4) is 0 Å². The Morgan fingerprint density at radius 2 is 1.61 bits per heavy atom. The molecular weight excluding hydrogens is 357 g/mol. The van der Waals surface area contributed by atoms with E-state index >= 15 is 0 Å². The van der Waals surface area contributed by atoms with Crippen LogP contribution in [0.2, 0.25) is 0 Å². The van der Waals surface area contributed by atoms with Crippen LogP contribution in [0.25, 0.3) is 0 Å². The van der Waals surface area contributed by atoms with Crippen LogP contribution < -0.4 is 5.32 Å². The molecule has 0 saturated heterocycles. The molecule has 2 N–H and O–H groups in total. The molecular formula is C23H28FNO3. The highest BCUT2D eigenvalue weighted by Crippen LogP contribution is 2.60. The molecule has 5 aliphatic rings. The minimum Gasteiger partial charge on any atom is -0.481 e. The Morgan fingerprint density at radius 3 is 2.18 bits per heavy atom. The largest absolute Gasteiger partial charge is 0.481 e. The maximum Gasteiger partial charge on any atom is 0.309 e. The van der Waals surface area contributed by atoms with Crippen molar-refractivity contribution in [2.24, 2.45) is 23.2 Å². The van der Waals surface area contributed by atoms with Crippen LogP contribution >= 0.6 is 0 Å². The summed E-state index contributed by atoms with van der Waals surface area (Å²) in [4.78, 5) is 25.5. The van der Waals surface area contributed by atoms with Crippen molar-refractivity contribution < 1.29 is 19.1 Å². The number of hydrogen-bond donors (Lipinski definition) is 2. The van der Waals surface area contributed by atoms with E-state index in [0.717, 1.165) is 50.5 Å². The molecule has 28 heavy (non-hydrogen) atoms. The number of carboxylic acids is 1. The summed E-state index contributed by atoms with van der Waals surface area (Å²) in [6.07, 6.45) is 7.91. The van der Waals surface area contributed by atoms with Gasteiger partial charge in [-0.3, -0.25) is 9.59 Å². The van der Waals surface area contributed by atoms with Crippen LogP contribution in [0.1, 0.15) is 63.4 Å². The summed E-state index contributed by atoms with van der Waals surface area (Å²) in [7, 11) is 0. The van der Waals surface area contributed by atoms with Gasteiger partial charge in [-0.2, -0.15) is 0 Å². The molecule has 1 aromatic carbocycles. The molecule has 6 rings (SSSR count). The van der Waals surface area contributed by atoms with E-state index in [4.69, 9.17) is 0 Å². The van der Waals surface area contributed by atoms with Gasteiger partial charge in [0.25, 0.3) is 0 Å².